The monoisotopic (exact) mass is 368 g/mol. The van der Waals surface area contributed by atoms with Crippen LogP contribution in [0, 0.1) is 5.92 Å². The molecule has 1 saturated carbocycles. The van der Waals surface area contributed by atoms with E-state index in [2.05, 4.69) is 17.0 Å². The number of halogens is 1. The molecule has 3 rings (SSSR count). The zero-order chi connectivity index (χ0) is 17.5. The quantitative estimate of drug-likeness (QED) is 0.488. The molecule has 0 spiro atoms. The molecular weight excluding hydrogens is 336 g/mol. The van der Waals surface area contributed by atoms with Gasteiger partial charge in [0.2, 0.25) is 0 Å². The average molecular weight is 369 g/mol. The highest BCUT2D eigenvalue weighted by Gasteiger charge is 2.47. The maximum Gasteiger partial charge on any atom is 0.146 e. The Bertz CT molecular complexity index is 518. The summed E-state index contributed by atoms with van der Waals surface area (Å²) >= 11 is 1.83. The van der Waals surface area contributed by atoms with E-state index in [4.69, 9.17) is 9.47 Å². The molecule has 2 fully saturated rings. The molecule has 0 N–H and O–H groups in total. The SMILES string of the molecule is COCOCC1CCCCC1(c1ccc(CC[18F])s1)N1CCCCC1. The van der Waals surface area contributed by atoms with Crippen molar-refractivity contribution in [3.63, 3.8) is 0 Å². The number of likely N-dealkylation sites (tertiary alicyclic amines) is 1. The number of ether oxygens (including phenoxy) is 2. The summed E-state index contributed by atoms with van der Waals surface area (Å²) in [5.41, 5.74) is 0.0750. The Morgan fingerprint density at radius 3 is 2.80 bits per heavy atom. The number of alkyl halides is 1. The molecule has 1 aliphatic carbocycles. The lowest BCUT2D eigenvalue weighted by Crippen LogP contribution is -2.55. The molecule has 0 bridgehead atoms. The van der Waals surface area contributed by atoms with Gasteiger partial charge in [0, 0.05) is 29.2 Å². The van der Waals surface area contributed by atoms with Gasteiger partial charge in [0.1, 0.15) is 6.79 Å². The first-order valence-electron chi connectivity index (χ1n) is 9.78. The number of nitrogens with zero attached hydrogens (tertiary/aromatic N) is 1. The van der Waals surface area contributed by atoms with Gasteiger partial charge in [-0.3, -0.25) is 9.29 Å². The van der Waals surface area contributed by atoms with Gasteiger partial charge < -0.3 is 9.47 Å². The third-order valence-electron chi connectivity index (χ3n) is 5.91. The van der Waals surface area contributed by atoms with Crippen LogP contribution in [0.4, 0.5) is 4.39 Å². The Morgan fingerprint density at radius 1 is 1.20 bits per heavy atom. The van der Waals surface area contributed by atoms with Crippen molar-refractivity contribution in [3.8, 4) is 0 Å². The lowest BCUT2D eigenvalue weighted by Gasteiger charge is -2.52. The number of hydrogen-bond acceptors (Lipinski definition) is 4. The first-order chi connectivity index (χ1) is 12.3. The van der Waals surface area contributed by atoms with E-state index in [1.807, 2.05) is 11.3 Å². The minimum Gasteiger partial charge on any atom is -0.359 e. The van der Waals surface area contributed by atoms with E-state index in [0.29, 0.717) is 19.1 Å². The van der Waals surface area contributed by atoms with Crippen LogP contribution < -0.4 is 0 Å². The summed E-state index contributed by atoms with van der Waals surface area (Å²) in [6, 6.07) is 4.42. The first kappa shape index (κ1) is 19.3. The molecule has 142 valence electrons. The lowest BCUT2D eigenvalue weighted by molar-refractivity contribution is -0.0916. The molecule has 25 heavy (non-hydrogen) atoms. The van der Waals surface area contributed by atoms with Crippen LogP contribution in [0.1, 0.15) is 54.7 Å². The van der Waals surface area contributed by atoms with E-state index >= 15 is 0 Å². The molecular formula is C20H32FNO2S. The van der Waals surface area contributed by atoms with Crippen LogP contribution in [-0.2, 0) is 21.4 Å². The molecule has 1 saturated heterocycles. The van der Waals surface area contributed by atoms with E-state index in [0.717, 1.165) is 6.61 Å². The normalized spacial score (nSPS) is 28.3. The number of rotatable bonds is 8. The van der Waals surface area contributed by atoms with Crippen molar-refractivity contribution in [3.05, 3.63) is 21.9 Å². The Labute approximate surface area is 155 Å². The molecule has 0 radical (unpaired) electrons. The second-order valence-electron chi connectivity index (χ2n) is 7.40. The lowest BCUT2D eigenvalue weighted by atomic mass is 9.70. The molecule has 0 aromatic carbocycles. The molecule has 2 heterocycles. The predicted octanol–water partition coefficient (Wildman–Crippen LogP) is 4.75. The average Bonchev–Trinajstić information content (AvgIpc) is 3.12. The molecule has 1 aromatic heterocycles. The number of aryl methyl sites for hydroxylation is 1. The van der Waals surface area contributed by atoms with Crippen molar-refractivity contribution in [1.29, 1.82) is 0 Å². The molecule has 1 aliphatic heterocycles. The van der Waals surface area contributed by atoms with Gasteiger partial charge in [0.15, 0.2) is 0 Å². The zero-order valence-corrected chi connectivity index (χ0v) is 16.3. The number of piperidine rings is 1. The summed E-state index contributed by atoms with van der Waals surface area (Å²) in [5.74, 6) is 0.492. The van der Waals surface area contributed by atoms with Crippen LogP contribution in [0.25, 0.3) is 0 Å². The van der Waals surface area contributed by atoms with Gasteiger partial charge in [-0.15, -0.1) is 11.3 Å². The van der Waals surface area contributed by atoms with Gasteiger partial charge in [-0.2, -0.15) is 0 Å². The van der Waals surface area contributed by atoms with Gasteiger partial charge in [-0.1, -0.05) is 19.3 Å². The standard InChI is InChI=1S/C20H32FNO2S/c1-23-16-24-15-17-7-3-4-11-20(17,22-13-5-2-6-14-22)19-9-8-18(25-19)10-12-21/h8-9,17H,2-7,10-16H2,1H3/i21-1. The molecule has 2 atom stereocenters. The third kappa shape index (κ3) is 4.26. The Kier molecular flexibility index (Phi) is 7.28. The minimum absolute atomic E-state index is 0.0750. The molecule has 1 aromatic rings. The number of hydrogen-bond donors (Lipinski definition) is 0. The molecule has 5 heteroatoms. The van der Waals surface area contributed by atoms with E-state index in [1.54, 1.807) is 7.11 Å². The summed E-state index contributed by atoms with van der Waals surface area (Å²) in [6.07, 6.45) is 9.42. The van der Waals surface area contributed by atoms with Crippen LogP contribution in [0.3, 0.4) is 0 Å². The fraction of sp³-hybridized carbons (Fsp3) is 0.800. The van der Waals surface area contributed by atoms with Gasteiger partial charge in [0.05, 0.1) is 18.8 Å². The summed E-state index contributed by atoms with van der Waals surface area (Å²) in [4.78, 5) is 5.35. The molecule has 3 nitrogen and oxygen atoms in total. The van der Waals surface area contributed by atoms with Crippen molar-refractivity contribution < 1.29 is 13.9 Å². The highest BCUT2D eigenvalue weighted by Crippen LogP contribution is 2.49. The Morgan fingerprint density at radius 2 is 2.04 bits per heavy atom. The summed E-state index contributed by atoms with van der Waals surface area (Å²) in [6.45, 7) is 3.20. The van der Waals surface area contributed by atoms with Crippen LogP contribution in [0.5, 0.6) is 0 Å². The summed E-state index contributed by atoms with van der Waals surface area (Å²) in [5, 5.41) is 0. The number of methoxy groups -OCH3 is 1. The zero-order valence-electron chi connectivity index (χ0n) is 15.5. The van der Waals surface area contributed by atoms with Crippen molar-refractivity contribution in [2.24, 2.45) is 5.92 Å². The maximum absolute atomic E-state index is 12.8. The Hall–Kier alpha value is -0.490. The second-order valence-corrected chi connectivity index (χ2v) is 8.57. The minimum atomic E-state index is -0.267. The predicted molar refractivity (Wildman–Crippen MR) is 101 cm³/mol. The van der Waals surface area contributed by atoms with E-state index in [9.17, 15) is 4.39 Å². The number of thiophene rings is 1. The smallest absolute Gasteiger partial charge is 0.146 e. The fourth-order valence-corrected chi connectivity index (χ4v) is 6.06. The largest absolute Gasteiger partial charge is 0.359 e. The van der Waals surface area contributed by atoms with Gasteiger partial charge in [0.25, 0.3) is 0 Å². The van der Waals surface area contributed by atoms with Gasteiger partial charge in [-0.25, -0.2) is 0 Å². The molecule has 0 amide bonds. The van der Waals surface area contributed by atoms with Crippen LogP contribution in [0.15, 0.2) is 12.1 Å². The summed E-state index contributed by atoms with van der Waals surface area (Å²) in [7, 11) is 1.68. The van der Waals surface area contributed by atoms with Crippen molar-refractivity contribution in [1.82, 2.24) is 4.90 Å². The van der Waals surface area contributed by atoms with E-state index < -0.39 is 0 Å². The highest BCUT2D eigenvalue weighted by atomic mass is 32.1. The highest BCUT2D eigenvalue weighted by molar-refractivity contribution is 7.12. The van der Waals surface area contributed by atoms with E-state index in [-0.39, 0.29) is 12.2 Å². The van der Waals surface area contributed by atoms with Crippen molar-refractivity contribution in [2.75, 3.05) is 40.3 Å². The first-order valence-corrected chi connectivity index (χ1v) is 10.6. The van der Waals surface area contributed by atoms with E-state index in [1.165, 1.54) is 67.8 Å². The van der Waals surface area contributed by atoms with Crippen molar-refractivity contribution >= 4 is 11.3 Å². The fourth-order valence-electron chi connectivity index (χ4n) is 4.75. The van der Waals surface area contributed by atoms with Crippen LogP contribution in [-0.4, -0.2) is 45.2 Å². The Balaban J connectivity index is 1.90. The van der Waals surface area contributed by atoms with Crippen molar-refractivity contribution in [2.45, 2.75) is 56.9 Å². The van der Waals surface area contributed by atoms with Gasteiger partial charge in [-0.05, 0) is 50.9 Å². The van der Waals surface area contributed by atoms with Crippen LogP contribution in [0.2, 0.25) is 0 Å². The summed E-state index contributed by atoms with van der Waals surface area (Å²) < 4.78 is 23.8. The molecule has 2 unspecified atom stereocenters. The van der Waals surface area contributed by atoms with Crippen LogP contribution >= 0.6 is 11.3 Å². The third-order valence-corrected chi connectivity index (χ3v) is 7.22. The second kappa shape index (κ2) is 9.45. The topological polar surface area (TPSA) is 21.7 Å². The molecule has 2 aliphatic rings. The van der Waals surface area contributed by atoms with Gasteiger partial charge >= 0.3 is 0 Å². The maximum atomic E-state index is 12.8.